The zero-order valence-electron chi connectivity index (χ0n) is 3.55. The van der Waals surface area contributed by atoms with E-state index in [1.807, 2.05) is 0 Å². The molecule has 3 nitrogen and oxygen atoms in total. The van der Waals surface area contributed by atoms with Gasteiger partial charge in [-0.2, -0.15) is 0 Å². The largest absolute Gasteiger partial charge is 0 e. The third-order valence-electron chi connectivity index (χ3n) is 0. The van der Waals surface area contributed by atoms with Gasteiger partial charge in [0.15, 0.2) is 0 Å². The fraction of sp³-hybridized carbons (Fsp3) is 0. The molecule has 0 amide bonds. The fourth-order valence-electron chi connectivity index (χ4n) is 0. The van der Waals surface area contributed by atoms with Crippen LogP contribution in [0.1, 0.15) is 0 Å². The van der Waals surface area contributed by atoms with Crippen LogP contribution < -0.4 is 0 Å². The molecule has 0 rings (SSSR count). The third-order valence-corrected chi connectivity index (χ3v) is 0. The van der Waals surface area contributed by atoms with Crippen LogP contribution >= 0.6 is 0 Å². The molecular weight excluding hydrogens is 634 g/mol. The van der Waals surface area contributed by atoms with E-state index in [4.69, 9.17) is 0 Å². The molecule has 0 atom stereocenters. The van der Waals surface area contributed by atoms with E-state index in [1.165, 1.54) is 0 Å². The fourth-order valence-corrected chi connectivity index (χ4v) is 0. The first-order valence-corrected chi connectivity index (χ1v) is 0. The van der Waals surface area contributed by atoms with Crippen molar-refractivity contribution < 1.29 is 57.0 Å². The summed E-state index contributed by atoms with van der Waals surface area (Å²) >= 11 is 0. The molecule has 7 heavy (non-hydrogen) atoms. The van der Waals surface area contributed by atoms with Crippen molar-refractivity contribution in [1.82, 2.24) is 0 Å². The van der Waals surface area contributed by atoms with E-state index < -0.39 is 0 Å². The van der Waals surface area contributed by atoms with Crippen LogP contribution in [0.5, 0.6) is 0 Å². The topological polar surface area (TPSA) is 85.5 Å². The van der Waals surface area contributed by atoms with Crippen LogP contribution in [0, 0.1) is 0 Å². The third kappa shape index (κ3) is 50.9. The zero-order chi connectivity index (χ0) is 0. The molecule has 0 aliphatic rings. The van der Waals surface area contributed by atoms with Crippen molar-refractivity contribution in [2.45, 2.75) is 0 Å². The second-order valence-electron chi connectivity index (χ2n) is 0. The first kappa shape index (κ1) is 94.5. The van der Waals surface area contributed by atoms with E-state index in [9.17, 15) is 0 Å². The van der Waals surface area contributed by atoms with E-state index in [2.05, 4.69) is 0 Å². The van der Waals surface area contributed by atoms with Gasteiger partial charge in [0.25, 0.3) is 0 Å². The number of hydrogen-bond donors (Lipinski definition) is 0. The van der Waals surface area contributed by atoms with Gasteiger partial charge in [0.2, 0.25) is 0 Å². The first-order valence-electron chi connectivity index (χ1n) is 0. The molecule has 0 aromatic rings. The van der Waals surface area contributed by atoms with Crippen molar-refractivity contribution in [3.05, 3.63) is 0 Å². The van der Waals surface area contributed by atoms with Crippen molar-refractivity contribution in [2.24, 2.45) is 0 Å². The molecule has 48 valence electrons. The van der Waals surface area contributed by atoms with Gasteiger partial charge in [-0.15, -0.1) is 0 Å². The average Bonchev–Trinajstić information content (AvgIpc) is 0. The zero-order valence-corrected chi connectivity index (χ0v) is 17.8. The second kappa shape index (κ2) is 66.8. The van der Waals surface area contributed by atoms with E-state index in [-0.39, 0.29) is 107 Å². The van der Waals surface area contributed by atoms with E-state index in [1.54, 1.807) is 0 Å². The van der Waals surface area contributed by atoms with E-state index in [0.29, 0.717) is 0 Å². The van der Waals surface area contributed by atoms with Gasteiger partial charge in [-0.1, -0.05) is 0 Å². The van der Waals surface area contributed by atoms with Gasteiger partial charge in [0.1, 0.15) is 0 Å². The molecule has 0 saturated carbocycles. The van der Waals surface area contributed by atoms with Gasteiger partial charge in [-0.25, -0.2) is 0 Å². The van der Waals surface area contributed by atoms with Gasteiger partial charge < -0.3 is 16.4 Å². The summed E-state index contributed by atoms with van der Waals surface area (Å²) in [6, 6.07) is 0. The molecule has 0 bridgehead atoms. The molecule has 0 radical (unpaired) electrons. The van der Waals surface area contributed by atoms with E-state index >= 15 is 0 Å². The summed E-state index contributed by atoms with van der Waals surface area (Å²) in [6.07, 6.45) is 0. The Morgan fingerprint density at radius 3 is 0.714 bits per heavy atom. The Kier molecular flexibility index (Phi) is 902. The Morgan fingerprint density at radius 2 is 0.714 bits per heavy atom. The molecule has 0 N–H and O–H groups in total. The van der Waals surface area contributed by atoms with E-state index in [0.717, 1.165) is 0 Å². The Bertz CT molecular complexity index is 14.9. The van der Waals surface area contributed by atoms with Crippen LogP contribution in [0.25, 0.3) is 0 Å². The smallest absolute Gasteiger partial charge is 0 e. The predicted octanol–water partition coefficient (Wildman–Crippen LogP) is -2.46. The molecular formula is H5BiO3TeWZn-6. The molecule has 0 aliphatic carbocycles. The van der Waals surface area contributed by atoms with Crippen molar-refractivity contribution in [3.63, 3.8) is 0 Å². The Labute approximate surface area is 105 Å². The summed E-state index contributed by atoms with van der Waals surface area (Å²) in [5.41, 5.74) is 0. The van der Waals surface area contributed by atoms with Crippen LogP contribution in [0.3, 0.4) is 0 Å². The Balaban J connectivity index is 0. The second-order valence-corrected chi connectivity index (χ2v) is 0. The molecule has 7 heteroatoms. The van der Waals surface area contributed by atoms with Crippen LogP contribution in [0.4, 0.5) is 0 Å². The first-order chi connectivity index (χ1) is 0. The minimum Gasteiger partial charge on any atom is 0 e. The van der Waals surface area contributed by atoms with Crippen LogP contribution in [-0.2, 0) is 57.0 Å². The minimum absolute atomic E-state index is 0. The van der Waals surface area contributed by atoms with Gasteiger partial charge in [-0.3, -0.25) is 0 Å². The molecule has 0 aliphatic heterocycles. The van der Waals surface area contributed by atoms with Gasteiger partial charge in [-0.05, 0) is 0 Å². The quantitative estimate of drug-likeness (QED) is 0.264. The standard InChI is InChI=1S/Bi.3O.H2Te.W.Zn.3H/h;;;;1H2;;;;;/q;3*-2;;;;;;. The summed E-state index contributed by atoms with van der Waals surface area (Å²) in [4.78, 5) is 0. The monoisotopic (exact) mass is 640 g/mol. The van der Waals surface area contributed by atoms with Crippen molar-refractivity contribution in [2.75, 3.05) is 0 Å². The molecule has 0 fully saturated rings. The SMILES string of the molecule is [BiH3].[O-2].[O-2].[O-2].[TeH2].[W].[Zn]. The Hall–Kier alpha value is 2.86. The summed E-state index contributed by atoms with van der Waals surface area (Å²) in [7, 11) is 0. The number of rotatable bonds is 0. The maximum atomic E-state index is 0. The van der Waals surface area contributed by atoms with Gasteiger partial charge in [0, 0.05) is 40.5 Å². The molecule has 0 spiro atoms. The van der Waals surface area contributed by atoms with Crippen LogP contribution in [0.2, 0.25) is 0 Å². The van der Waals surface area contributed by atoms with Crippen molar-refractivity contribution in [1.29, 1.82) is 0 Å². The van der Waals surface area contributed by atoms with Gasteiger partial charge in [0.05, 0.1) is 0 Å². The normalized spacial score (nSPS) is 0. The molecule has 0 unspecified atom stereocenters. The summed E-state index contributed by atoms with van der Waals surface area (Å²) in [6.45, 7) is 0. The Morgan fingerprint density at radius 1 is 0.714 bits per heavy atom. The molecule has 0 saturated heterocycles. The summed E-state index contributed by atoms with van der Waals surface area (Å²) in [5, 5.41) is 0. The maximum absolute atomic E-state index is 0. The number of hydrogen-bond acceptors (Lipinski definition) is 0. The summed E-state index contributed by atoms with van der Waals surface area (Å²) in [5.74, 6) is 0. The van der Waals surface area contributed by atoms with Crippen LogP contribution in [0.15, 0.2) is 0 Å². The van der Waals surface area contributed by atoms with Crippen molar-refractivity contribution in [3.8, 4) is 0 Å². The molecule has 0 aromatic heterocycles. The van der Waals surface area contributed by atoms with Crippen molar-refractivity contribution >= 4 is 49.9 Å². The average molecular weight is 639 g/mol. The van der Waals surface area contributed by atoms with Gasteiger partial charge >= 0.3 is 49.9 Å². The molecule has 0 heterocycles. The minimum atomic E-state index is 0. The molecule has 0 aromatic carbocycles. The predicted molar refractivity (Wildman–Crippen MR) is 20.5 cm³/mol. The van der Waals surface area contributed by atoms with Crippen LogP contribution in [-0.4, -0.2) is 49.9 Å². The maximum Gasteiger partial charge on any atom is 0 e. The summed E-state index contributed by atoms with van der Waals surface area (Å²) < 4.78 is 0.